The summed E-state index contributed by atoms with van der Waals surface area (Å²) in [4.78, 5) is 47.2. The first kappa shape index (κ1) is 30.9. The summed E-state index contributed by atoms with van der Waals surface area (Å²) in [6.07, 6.45) is 2.23. The number of thioether (sulfide) groups is 1. The lowest BCUT2D eigenvalue weighted by molar-refractivity contribution is -0.126. The van der Waals surface area contributed by atoms with E-state index < -0.39 is 23.2 Å². The highest BCUT2D eigenvalue weighted by Crippen LogP contribution is 2.42. The molecule has 10 nitrogen and oxygen atoms in total. The van der Waals surface area contributed by atoms with E-state index in [0.29, 0.717) is 47.3 Å². The van der Waals surface area contributed by atoms with Crippen molar-refractivity contribution in [2.45, 2.75) is 37.3 Å². The molecule has 3 heterocycles. The van der Waals surface area contributed by atoms with Gasteiger partial charge in [0.1, 0.15) is 23.7 Å². The van der Waals surface area contributed by atoms with E-state index in [1.54, 1.807) is 42.5 Å². The first-order chi connectivity index (χ1) is 22.4. The second kappa shape index (κ2) is 13.9. The molecule has 1 aromatic heterocycles. The minimum Gasteiger partial charge on any atom is -0.494 e. The highest BCUT2D eigenvalue weighted by Gasteiger charge is 2.40. The number of anilines is 1. The van der Waals surface area contributed by atoms with Crippen LogP contribution in [-0.2, 0) is 27.5 Å². The van der Waals surface area contributed by atoms with Crippen LogP contribution in [0.1, 0.15) is 35.0 Å². The van der Waals surface area contributed by atoms with Crippen molar-refractivity contribution in [1.82, 2.24) is 9.80 Å². The number of nitrogens with zero attached hydrogens (tertiary/aromatic N) is 3. The van der Waals surface area contributed by atoms with E-state index in [0.717, 1.165) is 5.56 Å². The van der Waals surface area contributed by atoms with Crippen LogP contribution in [0.25, 0.3) is 0 Å². The molecule has 4 aromatic rings. The van der Waals surface area contributed by atoms with Gasteiger partial charge >= 0.3 is 6.09 Å². The maximum atomic E-state index is 14.4. The summed E-state index contributed by atoms with van der Waals surface area (Å²) in [6, 6.07) is 23.6. The largest absolute Gasteiger partial charge is 0.494 e. The molecular formula is C34H31FN4O6S. The van der Waals surface area contributed by atoms with E-state index in [9.17, 15) is 18.8 Å². The smallest absolute Gasteiger partial charge is 0.410 e. The molecule has 2 fully saturated rings. The molecule has 0 saturated carbocycles. The number of rotatable bonds is 9. The third-order valence-corrected chi connectivity index (χ3v) is 8.91. The van der Waals surface area contributed by atoms with Gasteiger partial charge in [0, 0.05) is 18.3 Å². The van der Waals surface area contributed by atoms with Crippen LogP contribution in [0.15, 0.2) is 101 Å². The highest BCUT2D eigenvalue weighted by molar-refractivity contribution is 8.15. The number of carbonyl (C=O) groups excluding carboxylic acids is 3. The fourth-order valence-corrected chi connectivity index (χ4v) is 6.49. The molecule has 12 heteroatoms. The van der Waals surface area contributed by atoms with Crippen molar-refractivity contribution in [3.8, 4) is 5.75 Å². The van der Waals surface area contributed by atoms with Crippen molar-refractivity contribution in [1.29, 1.82) is 0 Å². The molecule has 6 rings (SSSR count). The summed E-state index contributed by atoms with van der Waals surface area (Å²) >= 11 is 1.24. The maximum Gasteiger partial charge on any atom is 0.410 e. The number of hydrogen-bond acceptors (Lipinski definition) is 8. The van der Waals surface area contributed by atoms with Crippen LogP contribution >= 0.6 is 11.8 Å². The Balaban J connectivity index is 1.13. The lowest BCUT2D eigenvalue weighted by atomic mass is 10.1. The number of ether oxygens (including phenoxy) is 2. The fourth-order valence-electron chi connectivity index (χ4n) is 5.32. The van der Waals surface area contributed by atoms with Crippen LogP contribution in [0.4, 0.5) is 20.6 Å². The molecule has 46 heavy (non-hydrogen) atoms. The maximum absolute atomic E-state index is 14.4. The normalized spacial score (nSPS) is 18.7. The molecule has 2 aliphatic heterocycles. The fraction of sp³-hybridized carbons (Fsp3) is 0.235. The number of nitrogens with one attached hydrogen (secondary N) is 1. The predicted molar refractivity (Wildman–Crippen MR) is 171 cm³/mol. The zero-order chi connectivity index (χ0) is 32.0. The molecule has 3 amide bonds. The van der Waals surface area contributed by atoms with Gasteiger partial charge in [-0.25, -0.2) is 14.2 Å². The number of carbonyl (C=O) groups is 3. The molecule has 2 saturated heterocycles. The van der Waals surface area contributed by atoms with Crippen LogP contribution in [-0.4, -0.2) is 52.6 Å². The predicted octanol–water partition coefficient (Wildman–Crippen LogP) is 6.67. The quantitative estimate of drug-likeness (QED) is 0.217. The van der Waals surface area contributed by atoms with Gasteiger partial charge in [-0.1, -0.05) is 54.2 Å². The van der Waals surface area contributed by atoms with Crippen LogP contribution < -0.4 is 10.1 Å². The van der Waals surface area contributed by atoms with Gasteiger partial charge in [0.25, 0.3) is 0 Å². The van der Waals surface area contributed by atoms with Crippen LogP contribution in [0.3, 0.4) is 0 Å². The zero-order valence-corrected chi connectivity index (χ0v) is 25.7. The average Bonchev–Trinajstić information content (AvgIpc) is 3.84. The SMILES string of the molecule is COc1ccc(N=C2SC(c3ccc(NC(=O)[C@@H]4CCCN4C(=O)OCc4ccccc4)cc3)C(=O)N2Cc2ccco2)cc1F. The van der Waals surface area contributed by atoms with Gasteiger partial charge in [-0.05, 0) is 60.4 Å². The number of methoxy groups -OCH3 is 1. The summed E-state index contributed by atoms with van der Waals surface area (Å²) in [6.45, 7) is 0.728. The van der Waals surface area contributed by atoms with Crippen LogP contribution in [0.2, 0.25) is 0 Å². The Bertz CT molecular complexity index is 1730. The molecule has 1 unspecified atom stereocenters. The van der Waals surface area contributed by atoms with E-state index in [2.05, 4.69) is 10.3 Å². The van der Waals surface area contributed by atoms with Crippen molar-refractivity contribution in [3.63, 3.8) is 0 Å². The highest BCUT2D eigenvalue weighted by atomic mass is 32.2. The lowest BCUT2D eigenvalue weighted by Crippen LogP contribution is -2.43. The van der Waals surface area contributed by atoms with E-state index in [4.69, 9.17) is 13.9 Å². The van der Waals surface area contributed by atoms with E-state index in [-0.39, 0.29) is 30.7 Å². The average molecular weight is 643 g/mol. The molecule has 0 radical (unpaired) electrons. The molecule has 0 aliphatic carbocycles. The lowest BCUT2D eigenvalue weighted by Gasteiger charge is -2.23. The van der Waals surface area contributed by atoms with Crippen molar-refractivity contribution in [3.05, 3.63) is 114 Å². The van der Waals surface area contributed by atoms with Gasteiger partial charge in [-0.2, -0.15) is 0 Å². The minimum atomic E-state index is -0.647. The number of aliphatic imine (C=N–C) groups is 1. The summed E-state index contributed by atoms with van der Waals surface area (Å²) < 4.78 is 30.3. The Hall–Kier alpha value is -5.10. The van der Waals surface area contributed by atoms with Gasteiger partial charge in [-0.3, -0.25) is 19.4 Å². The number of benzene rings is 3. The third kappa shape index (κ3) is 6.91. The van der Waals surface area contributed by atoms with Crippen molar-refractivity contribution in [2.24, 2.45) is 4.99 Å². The molecule has 3 aromatic carbocycles. The Morgan fingerprint density at radius 2 is 1.87 bits per heavy atom. The summed E-state index contributed by atoms with van der Waals surface area (Å²) in [7, 11) is 1.38. The van der Waals surface area contributed by atoms with Gasteiger partial charge in [-0.15, -0.1) is 0 Å². The van der Waals surface area contributed by atoms with Crippen LogP contribution in [0.5, 0.6) is 5.75 Å². The zero-order valence-electron chi connectivity index (χ0n) is 24.9. The molecule has 2 aliphatic rings. The summed E-state index contributed by atoms with van der Waals surface area (Å²) in [5, 5.41) is 2.67. The number of halogens is 1. The Morgan fingerprint density at radius 1 is 1.07 bits per heavy atom. The van der Waals surface area contributed by atoms with E-state index in [1.165, 1.54) is 47.1 Å². The molecule has 0 bridgehead atoms. The monoisotopic (exact) mass is 642 g/mol. The second-order valence-corrected chi connectivity index (χ2v) is 11.8. The van der Waals surface area contributed by atoms with Crippen molar-refractivity contribution >= 4 is 46.2 Å². The number of hydrogen-bond donors (Lipinski definition) is 1. The van der Waals surface area contributed by atoms with Gasteiger partial charge in [0.05, 0.1) is 25.6 Å². The van der Waals surface area contributed by atoms with Crippen molar-refractivity contribution < 1.29 is 32.7 Å². The first-order valence-corrected chi connectivity index (χ1v) is 15.6. The standard InChI is InChI=1S/C34H31FN4O6S/c1-43-29-16-15-25(19-27(29)35)37-33-39(20-26-9-6-18-44-26)32(41)30(46-33)23-11-13-24(14-12-23)36-31(40)28-10-5-17-38(28)34(42)45-21-22-7-3-2-4-8-22/h2-4,6-9,11-16,18-19,28,30H,5,10,17,20-21H2,1H3,(H,36,40)/t28-,30?/m0/s1. The number of amidine groups is 1. The number of furan rings is 1. The molecule has 236 valence electrons. The summed E-state index contributed by atoms with van der Waals surface area (Å²) in [5.41, 5.74) is 2.44. The molecule has 1 N–H and O–H groups in total. The van der Waals surface area contributed by atoms with Gasteiger partial charge in [0.15, 0.2) is 16.7 Å². The Morgan fingerprint density at radius 3 is 2.59 bits per heavy atom. The first-order valence-electron chi connectivity index (χ1n) is 14.7. The second-order valence-electron chi connectivity index (χ2n) is 10.7. The molecule has 0 spiro atoms. The molecule has 2 atom stereocenters. The Labute approximate surface area is 269 Å². The summed E-state index contributed by atoms with van der Waals surface area (Å²) in [5.74, 6) is -0.401. The van der Waals surface area contributed by atoms with E-state index in [1.807, 2.05) is 30.3 Å². The molecular weight excluding hydrogens is 611 g/mol. The van der Waals surface area contributed by atoms with Crippen LogP contribution in [0, 0.1) is 5.82 Å². The topological polar surface area (TPSA) is 114 Å². The number of amides is 3. The van der Waals surface area contributed by atoms with Gasteiger partial charge in [0.2, 0.25) is 11.8 Å². The third-order valence-electron chi connectivity index (χ3n) is 7.67. The van der Waals surface area contributed by atoms with E-state index >= 15 is 0 Å². The minimum absolute atomic E-state index is 0.0974. The van der Waals surface area contributed by atoms with Gasteiger partial charge < -0.3 is 19.2 Å². The Kier molecular flexibility index (Phi) is 9.34. The van der Waals surface area contributed by atoms with Crippen molar-refractivity contribution in [2.75, 3.05) is 19.0 Å². The number of likely N-dealkylation sites (tertiary alicyclic amines) is 1.